The van der Waals surface area contributed by atoms with Crippen LogP contribution in [0.25, 0.3) is 0 Å². The standard InChI is InChI=1S/C15H25NO/c1-13(2)16-11-5-4-6-14-7-9-15(10-8-14)12-17-3/h7-10,13,16H,4-6,11-12H2,1-3H3. The monoisotopic (exact) mass is 235 g/mol. The minimum atomic E-state index is 0.600. The molecular formula is C15H25NO. The van der Waals surface area contributed by atoms with E-state index in [2.05, 4.69) is 43.4 Å². The van der Waals surface area contributed by atoms with Crippen LogP contribution >= 0.6 is 0 Å². The lowest BCUT2D eigenvalue weighted by Gasteiger charge is -2.07. The number of methoxy groups -OCH3 is 1. The molecule has 0 saturated carbocycles. The first kappa shape index (κ1) is 14.2. The molecule has 0 atom stereocenters. The highest BCUT2D eigenvalue weighted by molar-refractivity contribution is 5.22. The lowest BCUT2D eigenvalue weighted by molar-refractivity contribution is 0.185. The van der Waals surface area contributed by atoms with Gasteiger partial charge in [-0.3, -0.25) is 0 Å². The average molecular weight is 235 g/mol. The van der Waals surface area contributed by atoms with Crippen LogP contribution < -0.4 is 5.32 Å². The first-order chi connectivity index (χ1) is 8.22. The largest absolute Gasteiger partial charge is 0.380 e. The van der Waals surface area contributed by atoms with Gasteiger partial charge in [-0.25, -0.2) is 0 Å². The van der Waals surface area contributed by atoms with Crippen LogP contribution in [0.1, 0.15) is 37.8 Å². The van der Waals surface area contributed by atoms with E-state index >= 15 is 0 Å². The van der Waals surface area contributed by atoms with Gasteiger partial charge >= 0.3 is 0 Å². The smallest absolute Gasteiger partial charge is 0.0713 e. The molecule has 17 heavy (non-hydrogen) atoms. The molecule has 1 aromatic carbocycles. The molecule has 96 valence electrons. The van der Waals surface area contributed by atoms with Gasteiger partial charge < -0.3 is 10.1 Å². The SMILES string of the molecule is COCc1ccc(CCCCNC(C)C)cc1. The first-order valence-corrected chi connectivity index (χ1v) is 6.52. The van der Waals surface area contributed by atoms with Crippen molar-refractivity contribution in [1.82, 2.24) is 5.32 Å². The second kappa shape index (κ2) is 8.26. The van der Waals surface area contributed by atoms with E-state index in [1.165, 1.54) is 30.4 Å². The summed E-state index contributed by atoms with van der Waals surface area (Å²) in [6, 6.07) is 9.34. The lowest BCUT2D eigenvalue weighted by Crippen LogP contribution is -2.23. The van der Waals surface area contributed by atoms with E-state index in [-0.39, 0.29) is 0 Å². The highest BCUT2D eigenvalue weighted by atomic mass is 16.5. The van der Waals surface area contributed by atoms with E-state index in [0.29, 0.717) is 12.6 Å². The zero-order valence-corrected chi connectivity index (χ0v) is 11.3. The Morgan fingerprint density at radius 3 is 2.29 bits per heavy atom. The second-order valence-electron chi connectivity index (χ2n) is 4.82. The van der Waals surface area contributed by atoms with Gasteiger partial charge in [0.25, 0.3) is 0 Å². The van der Waals surface area contributed by atoms with Crippen LogP contribution in [0, 0.1) is 0 Å². The molecule has 2 nitrogen and oxygen atoms in total. The summed E-state index contributed by atoms with van der Waals surface area (Å²) in [6.45, 7) is 6.21. The topological polar surface area (TPSA) is 21.3 Å². The number of hydrogen-bond donors (Lipinski definition) is 1. The van der Waals surface area contributed by atoms with Gasteiger partial charge in [0, 0.05) is 13.2 Å². The summed E-state index contributed by atoms with van der Waals surface area (Å²) in [5, 5.41) is 3.44. The van der Waals surface area contributed by atoms with Crippen LogP contribution in [0.4, 0.5) is 0 Å². The number of unbranched alkanes of at least 4 members (excludes halogenated alkanes) is 1. The summed E-state index contributed by atoms with van der Waals surface area (Å²) in [4.78, 5) is 0. The summed E-state index contributed by atoms with van der Waals surface area (Å²) in [5.41, 5.74) is 2.67. The Hall–Kier alpha value is -0.860. The lowest BCUT2D eigenvalue weighted by atomic mass is 10.1. The molecule has 0 aliphatic rings. The van der Waals surface area contributed by atoms with Gasteiger partial charge in [-0.15, -0.1) is 0 Å². The van der Waals surface area contributed by atoms with Gasteiger partial charge in [-0.2, -0.15) is 0 Å². The Labute approximate surface area is 105 Å². The van der Waals surface area contributed by atoms with Gasteiger partial charge in [0.1, 0.15) is 0 Å². The van der Waals surface area contributed by atoms with Crippen LogP contribution in [0.3, 0.4) is 0 Å². The van der Waals surface area contributed by atoms with E-state index in [1.807, 2.05) is 0 Å². The van der Waals surface area contributed by atoms with Gasteiger partial charge in [-0.1, -0.05) is 38.1 Å². The number of aryl methyl sites for hydroxylation is 1. The zero-order valence-electron chi connectivity index (χ0n) is 11.3. The van der Waals surface area contributed by atoms with Crippen LogP contribution in [0.15, 0.2) is 24.3 Å². The van der Waals surface area contributed by atoms with Crippen molar-refractivity contribution in [2.24, 2.45) is 0 Å². The molecule has 0 amide bonds. The third-order valence-electron chi connectivity index (χ3n) is 2.78. The highest BCUT2D eigenvalue weighted by Crippen LogP contribution is 2.08. The van der Waals surface area contributed by atoms with Crippen LogP contribution in [-0.4, -0.2) is 19.7 Å². The van der Waals surface area contributed by atoms with Crippen molar-refractivity contribution in [1.29, 1.82) is 0 Å². The Bertz CT molecular complexity index is 292. The number of hydrogen-bond acceptors (Lipinski definition) is 2. The van der Waals surface area contributed by atoms with E-state index in [1.54, 1.807) is 7.11 Å². The molecular weight excluding hydrogens is 210 g/mol. The summed E-state index contributed by atoms with van der Waals surface area (Å²) in [6.07, 6.45) is 3.67. The van der Waals surface area contributed by atoms with Gasteiger partial charge in [0.2, 0.25) is 0 Å². The number of benzene rings is 1. The maximum Gasteiger partial charge on any atom is 0.0713 e. The molecule has 0 aromatic heterocycles. The van der Waals surface area contributed by atoms with Crippen LogP contribution in [0.5, 0.6) is 0 Å². The number of ether oxygens (including phenoxy) is 1. The van der Waals surface area contributed by atoms with Gasteiger partial charge in [0.15, 0.2) is 0 Å². The summed E-state index contributed by atoms with van der Waals surface area (Å²) in [7, 11) is 1.73. The molecule has 1 N–H and O–H groups in total. The summed E-state index contributed by atoms with van der Waals surface area (Å²) >= 11 is 0. The normalized spacial score (nSPS) is 11.1. The Morgan fingerprint density at radius 1 is 1.06 bits per heavy atom. The van der Waals surface area contributed by atoms with Crippen molar-refractivity contribution in [2.75, 3.05) is 13.7 Å². The van der Waals surface area contributed by atoms with Crippen molar-refractivity contribution < 1.29 is 4.74 Å². The van der Waals surface area contributed by atoms with Gasteiger partial charge in [0.05, 0.1) is 6.61 Å². The predicted molar refractivity (Wildman–Crippen MR) is 73.2 cm³/mol. The highest BCUT2D eigenvalue weighted by Gasteiger charge is 1.96. The van der Waals surface area contributed by atoms with Crippen molar-refractivity contribution in [2.45, 2.75) is 45.8 Å². The first-order valence-electron chi connectivity index (χ1n) is 6.52. The Morgan fingerprint density at radius 2 is 1.71 bits per heavy atom. The fourth-order valence-corrected chi connectivity index (χ4v) is 1.81. The minimum absolute atomic E-state index is 0.600. The molecule has 0 spiro atoms. The third-order valence-corrected chi connectivity index (χ3v) is 2.78. The van der Waals surface area contributed by atoms with E-state index in [4.69, 9.17) is 4.74 Å². The van der Waals surface area contributed by atoms with E-state index < -0.39 is 0 Å². The number of rotatable bonds is 8. The van der Waals surface area contributed by atoms with Crippen molar-refractivity contribution >= 4 is 0 Å². The van der Waals surface area contributed by atoms with Gasteiger partial charge in [-0.05, 0) is 36.9 Å². The average Bonchev–Trinajstić information content (AvgIpc) is 2.31. The van der Waals surface area contributed by atoms with E-state index in [9.17, 15) is 0 Å². The molecule has 2 heteroatoms. The molecule has 1 rings (SSSR count). The molecule has 0 heterocycles. The summed E-state index contributed by atoms with van der Waals surface area (Å²) in [5.74, 6) is 0. The fourth-order valence-electron chi connectivity index (χ4n) is 1.81. The molecule has 1 aromatic rings. The molecule has 0 saturated heterocycles. The molecule has 0 fully saturated rings. The fraction of sp³-hybridized carbons (Fsp3) is 0.600. The zero-order chi connectivity index (χ0) is 12.5. The minimum Gasteiger partial charge on any atom is -0.380 e. The second-order valence-corrected chi connectivity index (χ2v) is 4.82. The molecule has 0 aliphatic carbocycles. The van der Waals surface area contributed by atoms with E-state index in [0.717, 1.165) is 6.54 Å². The Kier molecular flexibility index (Phi) is 6.90. The molecule has 0 aliphatic heterocycles. The van der Waals surface area contributed by atoms with Crippen molar-refractivity contribution in [3.63, 3.8) is 0 Å². The maximum atomic E-state index is 5.09. The van der Waals surface area contributed by atoms with Crippen LogP contribution in [-0.2, 0) is 17.8 Å². The predicted octanol–water partition coefficient (Wildman–Crippen LogP) is 3.15. The van der Waals surface area contributed by atoms with Crippen molar-refractivity contribution in [3.8, 4) is 0 Å². The third kappa shape index (κ3) is 6.44. The molecule has 0 bridgehead atoms. The maximum absolute atomic E-state index is 5.09. The van der Waals surface area contributed by atoms with Crippen LogP contribution in [0.2, 0.25) is 0 Å². The molecule has 0 unspecified atom stereocenters. The quantitative estimate of drug-likeness (QED) is 0.699. The number of nitrogens with one attached hydrogen (secondary N) is 1. The summed E-state index contributed by atoms with van der Waals surface area (Å²) < 4.78 is 5.09. The Balaban J connectivity index is 2.18. The van der Waals surface area contributed by atoms with Crippen molar-refractivity contribution in [3.05, 3.63) is 35.4 Å². The molecule has 0 radical (unpaired) electrons.